The van der Waals surface area contributed by atoms with E-state index in [4.69, 9.17) is 4.42 Å². The summed E-state index contributed by atoms with van der Waals surface area (Å²) in [6, 6.07) is 20.1. The van der Waals surface area contributed by atoms with Gasteiger partial charge in [0.2, 0.25) is 0 Å². The maximum Gasteiger partial charge on any atom is 0.263 e. The molecule has 33 heavy (non-hydrogen) atoms. The number of nitrogens with one attached hydrogen (secondary N) is 1. The van der Waals surface area contributed by atoms with Crippen molar-refractivity contribution in [3.63, 3.8) is 0 Å². The number of carbonyl (C=O) groups excluding carboxylic acids is 1. The van der Waals surface area contributed by atoms with Crippen LogP contribution in [0.5, 0.6) is 0 Å². The molecule has 4 nitrogen and oxygen atoms in total. The topological polar surface area (TPSA) is 45.5 Å². The molecule has 3 aromatic rings. The largest absolute Gasteiger partial charge is 0.457 e. The number of benzene rings is 2. The van der Waals surface area contributed by atoms with Crippen LogP contribution in [0.15, 0.2) is 76.1 Å². The lowest BCUT2D eigenvalue weighted by atomic mass is 9.85. The number of hydrogen-bond donors (Lipinski definition) is 1. The Morgan fingerprint density at radius 1 is 1.03 bits per heavy atom. The van der Waals surface area contributed by atoms with Gasteiger partial charge in [-0.15, -0.1) is 0 Å². The van der Waals surface area contributed by atoms with Crippen molar-refractivity contribution in [2.75, 3.05) is 5.32 Å². The Labute approximate surface area is 197 Å². The molecule has 1 N–H and O–H groups in total. The van der Waals surface area contributed by atoms with Crippen molar-refractivity contribution in [1.29, 1.82) is 0 Å². The Morgan fingerprint density at radius 2 is 1.79 bits per heavy atom. The minimum absolute atomic E-state index is 0.0481. The average molecular weight is 463 g/mol. The highest BCUT2D eigenvalue weighted by molar-refractivity contribution is 8.05. The minimum atomic E-state index is -0.283. The Morgan fingerprint density at radius 3 is 2.55 bits per heavy atom. The van der Waals surface area contributed by atoms with Gasteiger partial charge >= 0.3 is 0 Å². The van der Waals surface area contributed by atoms with Crippen molar-refractivity contribution >= 4 is 29.4 Å². The Balaban J connectivity index is 1.42. The third kappa shape index (κ3) is 4.71. The molecule has 0 bridgehead atoms. The van der Waals surface area contributed by atoms with Crippen LogP contribution in [0.4, 0.5) is 10.1 Å². The van der Waals surface area contributed by atoms with E-state index in [1.807, 2.05) is 53.4 Å². The van der Waals surface area contributed by atoms with Crippen molar-refractivity contribution in [2.45, 2.75) is 44.1 Å². The molecule has 2 heterocycles. The first-order chi connectivity index (χ1) is 16.1. The van der Waals surface area contributed by atoms with E-state index in [9.17, 15) is 9.18 Å². The minimum Gasteiger partial charge on any atom is -0.457 e. The first-order valence-corrected chi connectivity index (χ1v) is 12.3. The number of hydrogen-bond acceptors (Lipinski definition) is 4. The van der Waals surface area contributed by atoms with Crippen LogP contribution in [0.3, 0.4) is 0 Å². The van der Waals surface area contributed by atoms with Gasteiger partial charge in [-0.3, -0.25) is 4.79 Å². The molecule has 170 valence electrons. The predicted octanol–water partition coefficient (Wildman–Crippen LogP) is 6.98. The zero-order valence-corrected chi connectivity index (χ0v) is 19.4. The van der Waals surface area contributed by atoms with Crippen LogP contribution >= 0.6 is 11.8 Å². The van der Waals surface area contributed by atoms with Gasteiger partial charge in [-0.2, -0.15) is 0 Å². The van der Waals surface area contributed by atoms with Crippen molar-refractivity contribution in [3.05, 3.63) is 83.2 Å². The van der Waals surface area contributed by atoms with Gasteiger partial charge in [-0.25, -0.2) is 4.39 Å². The fourth-order valence-corrected chi connectivity index (χ4v) is 5.89. The van der Waals surface area contributed by atoms with Crippen LogP contribution in [0.1, 0.15) is 38.4 Å². The van der Waals surface area contributed by atoms with Gasteiger partial charge in [0, 0.05) is 23.4 Å². The first kappa shape index (κ1) is 21.8. The molecule has 3 atom stereocenters. The number of anilines is 1. The number of para-hydroxylation sites is 1. The van der Waals surface area contributed by atoms with E-state index in [-0.39, 0.29) is 23.3 Å². The van der Waals surface area contributed by atoms with Crippen LogP contribution in [-0.4, -0.2) is 22.3 Å². The second kappa shape index (κ2) is 9.48. The maximum atomic E-state index is 13.6. The number of thioether (sulfide) groups is 1. The molecule has 0 spiro atoms. The van der Waals surface area contributed by atoms with E-state index < -0.39 is 0 Å². The van der Waals surface area contributed by atoms with Gasteiger partial charge in [-0.1, -0.05) is 49.7 Å². The number of amides is 1. The zero-order valence-electron chi connectivity index (χ0n) is 18.5. The van der Waals surface area contributed by atoms with Gasteiger partial charge < -0.3 is 14.6 Å². The summed E-state index contributed by atoms with van der Waals surface area (Å²) in [4.78, 5) is 16.3. The molecule has 2 fully saturated rings. The Kier molecular flexibility index (Phi) is 6.27. The summed E-state index contributed by atoms with van der Waals surface area (Å²) in [5.41, 5.74) is 1.63. The molecule has 1 saturated carbocycles. The second-order valence-electron chi connectivity index (χ2n) is 8.74. The van der Waals surface area contributed by atoms with E-state index >= 15 is 0 Å². The lowest BCUT2D eigenvalue weighted by Gasteiger charge is -2.39. The molecule has 2 aromatic carbocycles. The van der Waals surface area contributed by atoms with E-state index in [0.717, 1.165) is 30.5 Å². The lowest BCUT2D eigenvalue weighted by Crippen LogP contribution is -2.48. The van der Waals surface area contributed by atoms with Crippen LogP contribution in [0.25, 0.3) is 17.4 Å². The van der Waals surface area contributed by atoms with Gasteiger partial charge in [0.1, 0.15) is 17.3 Å². The summed E-state index contributed by atoms with van der Waals surface area (Å²) >= 11 is 1.54. The smallest absolute Gasteiger partial charge is 0.263 e. The Bertz CT molecular complexity index is 1140. The Hall–Kier alpha value is -2.99. The zero-order chi connectivity index (χ0) is 22.8. The summed E-state index contributed by atoms with van der Waals surface area (Å²) in [6.45, 7) is 2.25. The van der Waals surface area contributed by atoms with Crippen molar-refractivity contribution < 1.29 is 13.6 Å². The highest BCUT2D eigenvalue weighted by atomic mass is 32.2. The molecule has 1 saturated heterocycles. The summed E-state index contributed by atoms with van der Waals surface area (Å²) < 4.78 is 19.2. The van der Waals surface area contributed by atoms with Crippen molar-refractivity contribution in [2.24, 2.45) is 5.92 Å². The fourth-order valence-electron chi connectivity index (χ4n) is 4.70. The molecule has 0 radical (unpaired) electrons. The fraction of sp³-hybridized carbons (Fsp3) is 0.296. The van der Waals surface area contributed by atoms with Gasteiger partial charge in [-0.05, 0) is 67.3 Å². The molecular formula is C27H27FN2O2S. The number of rotatable bonds is 5. The SMILES string of the molecule is C[C@@H]1CCCC[C@@H]1N1C(=O)/C(=C/c2ccc(-c3ccc(F)cc3)o2)SC1Nc1ccccc1. The van der Waals surface area contributed by atoms with E-state index in [0.29, 0.717) is 22.3 Å². The normalized spacial score (nSPS) is 24.4. The average Bonchev–Trinajstić information content (AvgIpc) is 3.40. The molecule has 2 aliphatic rings. The lowest BCUT2D eigenvalue weighted by molar-refractivity contribution is -0.129. The van der Waals surface area contributed by atoms with Gasteiger partial charge in [0.05, 0.1) is 4.91 Å². The molecule has 1 aliphatic heterocycles. The highest BCUT2D eigenvalue weighted by Gasteiger charge is 2.43. The number of halogens is 1. The number of nitrogens with zero attached hydrogens (tertiary/aromatic N) is 1. The highest BCUT2D eigenvalue weighted by Crippen LogP contribution is 2.42. The summed E-state index contributed by atoms with van der Waals surface area (Å²) in [5, 5.41) is 3.55. The molecule has 6 heteroatoms. The first-order valence-electron chi connectivity index (χ1n) is 11.5. The van der Waals surface area contributed by atoms with Crippen LogP contribution < -0.4 is 5.32 Å². The third-order valence-electron chi connectivity index (χ3n) is 6.45. The number of carbonyl (C=O) groups is 1. The standard InChI is InChI=1S/C27H27FN2O2S/c1-18-7-5-6-10-23(18)30-26(31)25(33-27(30)29-21-8-3-2-4-9-21)17-22-15-16-24(32-22)19-11-13-20(28)14-12-19/h2-4,8-9,11-18,23,27,29H,5-7,10H2,1H3/b25-17-/t18-,23+,27?/m1/s1. The van der Waals surface area contributed by atoms with Crippen molar-refractivity contribution in [1.82, 2.24) is 4.90 Å². The van der Waals surface area contributed by atoms with E-state index in [1.165, 1.54) is 30.3 Å². The molecule has 1 aliphatic carbocycles. The third-order valence-corrected chi connectivity index (χ3v) is 7.57. The van der Waals surface area contributed by atoms with E-state index in [1.54, 1.807) is 12.1 Å². The molecule has 1 unspecified atom stereocenters. The quantitative estimate of drug-likeness (QED) is 0.416. The monoisotopic (exact) mass is 462 g/mol. The molecule has 1 aromatic heterocycles. The van der Waals surface area contributed by atoms with Crippen LogP contribution in [0, 0.1) is 11.7 Å². The predicted molar refractivity (Wildman–Crippen MR) is 132 cm³/mol. The maximum absolute atomic E-state index is 13.6. The van der Waals surface area contributed by atoms with Crippen LogP contribution in [-0.2, 0) is 4.79 Å². The number of furan rings is 1. The summed E-state index contributed by atoms with van der Waals surface area (Å²) in [7, 11) is 0. The summed E-state index contributed by atoms with van der Waals surface area (Å²) in [6.07, 6.45) is 6.39. The second-order valence-corrected chi connectivity index (χ2v) is 9.86. The summed E-state index contributed by atoms with van der Waals surface area (Å²) in [5.74, 6) is 1.49. The van der Waals surface area contributed by atoms with Crippen LogP contribution in [0.2, 0.25) is 0 Å². The molecular weight excluding hydrogens is 435 g/mol. The van der Waals surface area contributed by atoms with Gasteiger partial charge in [0.25, 0.3) is 5.91 Å². The van der Waals surface area contributed by atoms with Crippen molar-refractivity contribution in [3.8, 4) is 11.3 Å². The van der Waals surface area contributed by atoms with E-state index in [2.05, 4.69) is 12.2 Å². The molecule has 5 rings (SSSR count). The van der Waals surface area contributed by atoms with Gasteiger partial charge in [0.15, 0.2) is 5.50 Å². The molecule has 1 amide bonds.